The van der Waals surface area contributed by atoms with Gasteiger partial charge in [-0.25, -0.2) is 0 Å². The highest BCUT2D eigenvalue weighted by Crippen LogP contribution is 2.24. The first kappa shape index (κ1) is 11.8. The highest BCUT2D eigenvalue weighted by atomic mass is 16.3. The molecule has 1 rings (SSSR count). The maximum Gasteiger partial charge on any atom is 0.0801 e. The van der Waals surface area contributed by atoms with Gasteiger partial charge in [-0.3, -0.25) is 0 Å². The van der Waals surface area contributed by atoms with Crippen LogP contribution in [0.4, 0.5) is 0 Å². The molecule has 0 aromatic heterocycles. The number of aliphatic hydroxyl groups is 1. The summed E-state index contributed by atoms with van der Waals surface area (Å²) < 4.78 is 0. The fraction of sp³-hybridized carbons (Fsp3) is 0.429. The Morgan fingerprint density at radius 1 is 1.20 bits per heavy atom. The van der Waals surface area contributed by atoms with Crippen molar-refractivity contribution in [1.82, 2.24) is 0 Å². The standard InChI is InChI=1S/C14H18O/c1-5-6-7-14(15)13-9-11(3)10(2)8-12(13)4/h1,8-9,14-15H,6-7H2,2-4H3. The van der Waals surface area contributed by atoms with E-state index in [9.17, 15) is 5.11 Å². The number of benzene rings is 1. The minimum atomic E-state index is -0.430. The van der Waals surface area contributed by atoms with Crippen molar-refractivity contribution >= 4 is 0 Å². The Balaban J connectivity index is 2.94. The molecule has 0 aliphatic heterocycles. The minimum Gasteiger partial charge on any atom is -0.388 e. The van der Waals surface area contributed by atoms with Gasteiger partial charge in [-0.2, -0.15) is 0 Å². The van der Waals surface area contributed by atoms with E-state index in [-0.39, 0.29) is 0 Å². The Morgan fingerprint density at radius 3 is 2.40 bits per heavy atom. The van der Waals surface area contributed by atoms with Crippen molar-refractivity contribution in [2.45, 2.75) is 39.7 Å². The van der Waals surface area contributed by atoms with Crippen LogP contribution < -0.4 is 0 Å². The van der Waals surface area contributed by atoms with Crippen molar-refractivity contribution in [2.75, 3.05) is 0 Å². The molecular formula is C14H18O. The number of aryl methyl sites for hydroxylation is 3. The van der Waals surface area contributed by atoms with Crippen LogP contribution in [0.3, 0.4) is 0 Å². The molecule has 1 unspecified atom stereocenters. The predicted molar refractivity (Wildman–Crippen MR) is 63.7 cm³/mol. The Hall–Kier alpha value is -1.26. The molecule has 80 valence electrons. The van der Waals surface area contributed by atoms with Crippen LogP contribution in [0, 0.1) is 33.1 Å². The minimum absolute atomic E-state index is 0.430. The molecule has 0 aliphatic rings. The SMILES string of the molecule is C#CCCC(O)c1cc(C)c(C)cc1C. The Morgan fingerprint density at radius 2 is 1.80 bits per heavy atom. The summed E-state index contributed by atoms with van der Waals surface area (Å²) in [7, 11) is 0. The van der Waals surface area contributed by atoms with Crippen molar-refractivity contribution in [3.63, 3.8) is 0 Å². The molecule has 0 bridgehead atoms. The Labute approximate surface area is 92.1 Å². The number of hydrogen-bond donors (Lipinski definition) is 1. The van der Waals surface area contributed by atoms with Crippen molar-refractivity contribution in [3.8, 4) is 12.3 Å². The van der Waals surface area contributed by atoms with E-state index in [0.29, 0.717) is 12.8 Å². The van der Waals surface area contributed by atoms with Crippen LogP contribution in [0.5, 0.6) is 0 Å². The van der Waals surface area contributed by atoms with Crippen molar-refractivity contribution in [1.29, 1.82) is 0 Å². The third kappa shape index (κ3) is 2.84. The molecule has 1 N–H and O–H groups in total. The lowest BCUT2D eigenvalue weighted by molar-refractivity contribution is 0.168. The molecule has 0 heterocycles. The number of rotatable bonds is 3. The van der Waals surface area contributed by atoms with E-state index in [0.717, 1.165) is 11.1 Å². The van der Waals surface area contributed by atoms with Gasteiger partial charge in [0.1, 0.15) is 0 Å². The van der Waals surface area contributed by atoms with Crippen LogP contribution in [-0.4, -0.2) is 5.11 Å². The lowest BCUT2D eigenvalue weighted by Gasteiger charge is -2.14. The number of aliphatic hydroxyl groups excluding tert-OH is 1. The molecule has 1 aromatic carbocycles. The van der Waals surface area contributed by atoms with E-state index in [1.165, 1.54) is 11.1 Å². The average molecular weight is 202 g/mol. The van der Waals surface area contributed by atoms with E-state index >= 15 is 0 Å². The fourth-order valence-electron chi connectivity index (χ4n) is 1.72. The Bertz CT molecular complexity index is 385. The van der Waals surface area contributed by atoms with Gasteiger partial charge >= 0.3 is 0 Å². The summed E-state index contributed by atoms with van der Waals surface area (Å²) in [5.41, 5.74) is 4.63. The molecule has 1 atom stereocenters. The lowest BCUT2D eigenvalue weighted by atomic mass is 9.95. The first-order valence-corrected chi connectivity index (χ1v) is 5.25. The largest absolute Gasteiger partial charge is 0.388 e. The third-order valence-electron chi connectivity index (χ3n) is 2.80. The fourth-order valence-corrected chi connectivity index (χ4v) is 1.72. The van der Waals surface area contributed by atoms with Crippen LogP contribution in [0.25, 0.3) is 0 Å². The van der Waals surface area contributed by atoms with Crippen LogP contribution in [0.15, 0.2) is 12.1 Å². The quantitative estimate of drug-likeness (QED) is 0.747. The van der Waals surface area contributed by atoms with Gasteiger partial charge in [0, 0.05) is 6.42 Å². The topological polar surface area (TPSA) is 20.2 Å². The predicted octanol–water partition coefficient (Wildman–Crippen LogP) is 3.06. The summed E-state index contributed by atoms with van der Waals surface area (Å²) in [6, 6.07) is 4.18. The first-order chi connectivity index (χ1) is 7.06. The van der Waals surface area contributed by atoms with Gasteiger partial charge in [0.15, 0.2) is 0 Å². The summed E-state index contributed by atoms with van der Waals surface area (Å²) in [4.78, 5) is 0. The zero-order chi connectivity index (χ0) is 11.4. The van der Waals surface area contributed by atoms with E-state index in [4.69, 9.17) is 6.42 Å². The molecule has 0 aliphatic carbocycles. The van der Waals surface area contributed by atoms with Gasteiger partial charge in [-0.05, 0) is 49.4 Å². The zero-order valence-electron chi connectivity index (χ0n) is 9.67. The molecule has 0 fully saturated rings. The van der Waals surface area contributed by atoms with Crippen molar-refractivity contribution < 1.29 is 5.11 Å². The normalized spacial score (nSPS) is 12.2. The summed E-state index contributed by atoms with van der Waals surface area (Å²) in [6.45, 7) is 6.17. The van der Waals surface area contributed by atoms with E-state index in [2.05, 4.69) is 31.9 Å². The van der Waals surface area contributed by atoms with Crippen LogP contribution in [-0.2, 0) is 0 Å². The van der Waals surface area contributed by atoms with Gasteiger partial charge in [0.25, 0.3) is 0 Å². The molecule has 0 spiro atoms. The van der Waals surface area contributed by atoms with E-state index in [1.807, 2.05) is 6.92 Å². The molecule has 1 nitrogen and oxygen atoms in total. The third-order valence-corrected chi connectivity index (χ3v) is 2.80. The highest BCUT2D eigenvalue weighted by Gasteiger charge is 2.10. The second-order valence-corrected chi connectivity index (χ2v) is 4.05. The molecule has 1 heteroatoms. The number of hydrogen-bond acceptors (Lipinski definition) is 1. The van der Waals surface area contributed by atoms with Crippen LogP contribution >= 0.6 is 0 Å². The van der Waals surface area contributed by atoms with Gasteiger partial charge < -0.3 is 5.11 Å². The summed E-state index contributed by atoms with van der Waals surface area (Å²) in [5.74, 6) is 2.55. The first-order valence-electron chi connectivity index (χ1n) is 5.25. The molecule has 0 saturated carbocycles. The monoisotopic (exact) mass is 202 g/mol. The van der Waals surface area contributed by atoms with Gasteiger partial charge in [0.05, 0.1) is 6.10 Å². The molecule has 0 amide bonds. The maximum absolute atomic E-state index is 9.95. The average Bonchev–Trinajstić information content (AvgIpc) is 2.20. The van der Waals surface area contributed by atoms with E-state index in [1.54, 1.807) is 0 Å². The zero-order valence-corrected chi connectivity index (χ0v) is 9.67. The van der Waals surface area contributed by atoms with Crippen molar-refractivity contribution in [2.24, 2.45) is 0 Å². The van der Waals surface area contributed by atoms with Crippen molar-refractivity contribution in [3.05, 3.63) is 34.4 Å². The lowest BCUT2D eigenvalue weighted by Crippen LogP contribution is -2.01. The second kappa shape index (κ2) is 5.00. The number of terminal acetylenes is 1. The summed E-state index contributed by atoms with van der Waals surface area (Å²) in [6.07, 6.45) is 6.01. The molecule has 0 saturated heterocycles. The molecule has 1 aromatic rings. The van der Waals surface area contributed by atoms with Gasteiger partial charge in [-0.1, -0.05) is 12.1 Å². The molecule has 0 radical (unpaired) electrons. The highest BCUT2D eigenvalue weighted by molar-refractivity contribution is 5.37. The van der Waals surface area contributed by atoms with Crippen LogP contribution in [0.1, 0.15) is 41.2 Å². The summed E-state index contributed by atoms with van der Waals surface area (Å²) >= 11 is 0. The maximum atomic E-state index is 9.95. The van der Waals surface area contributed by atoms with Gasteiger partial charge in [0.2, 0.25) is 0 Å². The molecule has 15 heavy (non-hydrogen) atoms. The summed E-state index contributed by atoms with van der Waals surface area (Å²) in [5, 5.41) is 9.95. The van der Waals surface area contributed by atoms with Crippen LogP contribution in [0.2, 0.25) is 0 Å². The second-order valence-electron chi connectivity index (χ2n) is 4.05. The van der Waals surface area contributed by atoms with Gasteiger partial charge in [-0.15, -0.1) is 12.3 Å². The van der Waals surface area contributed by atoms with E-state index < -0.39 is 6.10 Å². The smallest absolute Gasteiger partial charge is 0.0801 e. The Kier molecular flexibility index (Phi) is 3.94. The molecular weight excluding hydrogens is 184 g/mol.